The summed E-state index contributed by atoms with van der Waals surface area (Å²) in [5.74, 6) is -0.130. The van der Waals surface area contributed by atoms with E-state index in [1.807, 2.05) is 20.0 Å². The van der Waals surface area contributed by atoms with E-state index >= 15 is 0 Å². The molecule has 66 valence electrons. The first-order valence-electron chi connectivity index (χ1n) is 4.08. The summed E-state index contributed by atoms with van der Waals surface area (Å²) in [6.07, 6.45) is 0. The Hall–Kier alpha value is -0.890. The zero-order valence-electron chi connectivity index (χ0n) is 7.69. The van der Waals surface area contributed by atoms with Gasteiger partial charge >= 0.3 is 0 Å². The molecule has 0 heterocycles. The van der Waals surface area contributed by atoms with Crippen LogP contribution in [0.1, 0.15) is 24.1 Å². The third-order valence-electron chi connectivity index (χ3n) is 2.13. The van der Waals surface area contributed by atoms with Gasteiger partial charge in [-0.3, -0.25) is 0 Å². The number of hydrogen-bond acceptors (Lipinski definition) is 1. The second-order valence-electron chi connectivity index (χ2n) is 3.02. The molecule has 0 unspecified atom stereocenters. The van der Waals surface area contributed by atoms with E-state index in [0.717, 1.165) is 5.56 Å². The van der Waals surface area contributed by atoms with E-state index in [1.54, 1.807) is 19.1 Å². The smallest absolute Gasteiger partial charge is 0.126 e. The lowest BCUT2D eigenvalue weighted by atomic mass is 10.1. The standard InChI is InChI=1S/C10H14FN/c1-7-4-5-9(6-10(7)11)8(2)12-3/h4-6,8,12H,1-3H3/t8-/m0/s1. The van der Waals surface area contributed by atoms with Crippen molar-refractivity contribution in [3.8, 4) is 0 Å². The van der Waals surface area contributed by atoms with Gasteiger partial charge in [-0.05, 0) is 38.1 Å². The van der Waals surface area contributed by atoms with Gasteiger partial charge in [0.1, 0.15) is 5.82 Å². The van der Waals surface area contributed by atoms with Crippen LogP contribution in [0.15, 0.2) is 18.2 Å². The van der Waals surface area contributed by atoms with E-state index in [4.69, 9.17) is 0 Å². The molecule has 1 atom stereocenters. The van der Waals surface area contributed by atoms with Gasteiger partial charge in [0.2, 0.25) is 0 Å². The van der Waals surface area contributed by atoms with Crippen LogP contribution in [-0.2, 0) is 0 Å². The van der Waals surface area contributed by atoms with Crippen molar-refractivity contribution in [3.63, 3.8) is 0 Å². The zero-order chi connectivity index (χ0) is 9.14. The molecule has 1 nitrogen and oxygen atoms in total. The van der Waals surface area contributed by atoms with Gasteiger partial charge in [0.05, 0.1) is 0 Å². The highest BCUT2D eigenvalue weighted by molar-refractivity contribution is 5.25. The fourth-order valence-corrected chi connectivity index (χ4v) is 1.05. The minimum atomic E-state index is -0.130. The van der Waals surface area contributed by atoms with Crippen LogP contribution < -0.4 is 5.32 Å². The normalized spacial score (nSPS) is 13.0. The lowest BCUT2D eigenvalue weighted by Crippen LogP contribution is -2.12. The highest BCUT2D eigenvalue weighted by Crippen LogP contribution is 2.15. The van der Waals surface area contributed by atoms with Crippen LogP contribution in [0.3, 0.4) is 0 Å². The summed E-state index contributed by atoms with van der Waals surface area (Å²) in [6.45, 7) is 3.77. The molecule has 0 bridgehead atoms. The van der Waals surface area contributed by atoms with Crippen LogP contribution in [-0.4, -0.2) is 7.05 Å². The Kier molecular flexibility index (Phi) is 2.82. The maximum absolute atomic E-state index is 13.0. The number of aryl methyl sites for hydroxylation is 1. The Labute approximate surface area is 72.6 Å². The van der Waals surface area contributed by atoms with Gasteiger partial charge in [-0.2, -0.15) is 0 Å². The number of halogens is 1. The Morgan fingerprint density at radius 1 is 1.42 bits per heavy atom. The number of rotatable bonds is 2. The fourth-order valence-electron chi connectivity index (χ4n) is 1.05. The lowest BCUT2D eigenvalue weighted by molar-refractivity contribution is 0.601. The predicted molar refractivity (Wildman–Crippen MR) is 48.6 cm³/mol. The maximum atomic E-state index is 13.0. The van der Waals surface area contributed by atoms with Crippen LogP contribution in [0.25, 0.3) is 0 Å². The molecule has 1 aromatic carbocycles. The molecule has 0 spiro atoms. The van der Waals surface area contributed by atoms with Crippen LogP contribution >= 0.6 is 0 Å². The molecule has 0 fully saturated rings. The molecule has 0 aliphatic carbocycles. The second kappa shape index (κ2) is 3.68. The van der Waals surface area contributed by atoms with Crippen LogP contribution in [0.5, 0.6) is 0 Å². The molecule has 0 amide bonds. The third-order valence-corrected chi connectivity index (χ3v) is 2.13. The first-order chi connectivity index (χ1) is 5.65. The van der Waals surface area contributed by atoms with Gasteiger partial charge in [-0.25, -0.2) is 4.39 Å². The Bertz CT molecular complexity index is 271. The van der Waals surface area contributed by atoms with Crippen LogP contribution in [0.4, 0.5) is 4.39 Å². The molecule has 12 heavy (non-hydrogen) atoms. The predicted octanol–water partition coefficient (Wildman–Crippen LogP) is 2.41. The van der Waals surface area contributed by atoms with Crippen molar-refractivity contribution in [2.75, 3.05) is 7.05 Å². The van der Waals surface area contributed by atoms with E-state index < -0.39 is 0 Å². The summed E-state index contributed by atoms with van der Waals surface area (Å²) in [6, 6.07) is 5.54. The van der Waals surface area contributed by atoms with Crippen molar-refractivity contribution in [2.45, 2.75) is 19.9 Å². The molecule has 2 heteroatoms. The largest absolute Gasteiger partial charge is 0.313 e. The molecular weight excluding hydrogens is 153 g/mol. The van der Waals surface area contributed by atoms with Crippen molar-refractivity contribution < 1.29 is 4.39 Å². The first-order valence-corrected chi connectivity index (χ1v) is 4.08. The maximum Gasteiger partial charge on any atom is 0.126 e. The highest BCUT2D eigenvalue weighted by atomic mass is 19.1. The summed E-state index contributed by atoms with van der Waals surface area (Å²) in [5.41, 5.74) is 1.68. The summed E-state index contributed by atoms with van der Waals surface area (Å²) in [7, 11) is 1.86. The molecule has 0 aromatic heterocycles. The zero-order valence-corrected chi connectivity index (χ0v) is 7.69. The Balaban J connectivity index is 2.96. The van der Waals surface area contributed by atoms with Gasteiger partial charge in [-0.15, -0.1) is 0 Å². The average molecular weight is 167 g/mol. The van der Waals surface area contributed by atoms with Gasteiger partial charge in [0, 0.05) is 6.04 Å². The molecule has 0 aliphatic rings. The summed E-state index contributed by atoms with van der Waals surface area (Å²) >= 11 is 0. The molecule has 1 N–H and O–H groups in total. The summed E-state index contributed by atoms with van der Waals surface area (Å²) in [5, 5.41) is 3.06. The van der Waals surface area contributed by atoms with Gasteiger partial charge in [-0.1, -0.05) is 12.1 Å². The van der Waals surface area contributed by atoms with Crippen molar-refractivity contribution in [3.05, 3.63) is 35.1 Å². The number of nitrogens with one attached hydrogen (secondary N) is 1. The van der Waals surface area contributed by atoms with Gasteiger partial charge in [0.15, 0.2) is 0 Å². The van der Waals surface area contributed by atoms with Crippen molar-refractivity contribution in [1.29, 1.82) is 0 Å². The van der Waals surface area contributed by atoms with E-state index in [1.165, 1.54) is 0 Å². The number of benzene rings is 1. The Morgan fingerprint density at radius 3 is 2.58 bits per heavy atom. The molecule has 0 saturated carbocycles. The van der Waals surface area contributed by atoms with E-state index in [-0.39, 0.29) is 11.9 Å². The Morgan fingerprint density at radius 2 is 2.08 bits per heavy atom. The van der Waals surface area contributed by atoms with Crippen molar-refractivity contribution >= 4 is 0 Å². The lowest BCUT2D eigenvalue weighted by Gasteiger charge is -2.10. The first kappa shape index (κ1) is 9.20. The minimum absolute atomic E-state index is 0.130. The second-order valence-corrected chi connectivity index (χ2v) is 3.02. The molecule has 1 rings (SSSR count). The topological polar surface area (TPSA) is 12.0 Å². The van der Waals surface area contributed by atoms with Crippen LogP contribution in [0, 0.1) is 12.7 Å². The molecular formula is C10H14FN. The highest BCUT2D eigenvalue weighted by Gasteiger charge is 2.04. The summed E-state index contributed by atoms with van der Waals surface area (Å²) < 4.78 is 13.0. The molecule has 0 radical (unpaired) electrons. The molecule has 1 aromatic rings. The van der Waals surface area contributed by atoms with Gasteiger partial charge in [0.25, 0.3) is 0 Å². The average Bonchev–Trinajstić information content (AvgIpc) is 2.08. The number of hydrogen-bond donors (Lipinski definition) is 1. The van der Waals surface area contributed by atoms with E-state index in [2.05, 4.69) is 5.32 Å². The fraction of sp³-hybridized carbons (Fsp3) is 0.400. The molecule has 0 saturated heterocycles. The van der Waals surface area contributed by atoms with Crippen molar-refractivity contribution in [2.24, 2.45) is 0 Å². The van der Waals surface area contributed by atoms with Crippen molar-refractivity contribution in [1.82, 2.24) is 5.32 Å². The minimum Gasteiger partial charge on any atom is -0.313 e. The van der Waals surface area contributed by atoms with Gasteiger partial charge < -0.3 is 5.32 Å². The van der Waals surface area contributed by atoms with E-state index in [0.29, 0.717) is 5.56 Å². The van der Waals surface area contributed by atoms with Crippen LogP contribution in [0.2, 0.25) is 0 Å². The third kappa shape index (κ3) is 1.83. The molecule has 0 aliphatic heterocycles. The monoisotopic (exact) mass is 167 g/mol. The van der Waals surface area contributed by atoms with E-state index in [9.17, 15) is 4.39 Å². The quantitative estimate of drug-likeness (QED) is 0.713. The summed E-state index contributed by atoms with van der Waals surface area (Å²) in [4.78, 5) is 0. The SMILES string of the molecule is CN[C@@H](C)c1ccc(C)c(F)c1.